The summed E-state index contributed by atoms with van der Waals surface area (Å²) in [6, 6.07) is 5.70. The van der Waals surface area contributed by atoms with Gasteiger partial charge in [-0.15, -0.1) is 0 Å². The average Bonchev–Trinajstić information content (AvgIpc) is 2.63. The van der Waals surface area contributed by atoms with E-state index >= 15 is 0 Å². The number of carbonyl (C=O) groups excluding carboxylic acids is 1. The summed E-state index contributed by atoms with van der Waals surface area (Å²) in [5.41, 5.74) is 1.11. The average molecular weight is 326 g/mol. The number of hydrogen-bond donors (Lipinski definition) is 2. The van der Waals surface area contributed by atoms with Gasteiger partial charge in [-0.1, -0.05) is 6.07 Å². The van der Waals surface area contributed by atoms with Gasteiger partial charge in [0.25, 0.3) is 0 Å². The SMILES string of the molecule is O=C(NCCc1cccnc1)N[C@H]1CCCN(c2ncccn2)C1. The van der Waals surface area contributed by atoms with Crippen LogP contribution in [0.5, 0.6) is 0 Å². The van der Waals surface area contributed by atoms with E-state index in [-0.39, 0.29) is 12.1 Å². The number of pyridine rings is 1. The van der Waals surface area contributed by atoms with E-state index < -0.39 is 0 Å². The van der Waals surface area contributed by atoms with Crippen molar-refractivity contribution in [1.82, 2.24) is 25.6 Å². The van der Waals surface area contributed by atoms with Gasteiger partial charge in [0.1, 0.15) is 0 Å². The predicted octanol–water partition coefficient (Wildman–Crippen LogP) is 1.38. The maximum atomic E-state index is 12.1. The molecule has 1 aliphatic rings. The Morgan fingerprint density at radius 1 is 1.25 bits per heavy atom. The molecular weight excluding hydrogens is 304 g/mol. The van der Waals surface area contributed by atoms with Crippen LogP contribution in [0.2, 0.25) is 0 Å². The van der Waals surface area contributed by atoms with Gasteiger partial charge < -0.3 is 15.5 Å². The van der Waals surface area contributed by atoms with Crippen LogP contribution in [0, 0.1) is 0 Å². The first-order chi connectivity index (χ1) is 11.8. The highest BCUT2D eigenvalue weighted by molar-refractivity contribution is 5.74. The smallest absolute Gasteiger partial charge is 0.315 e. The van der Waals surface area contributed by atoms with E-state index in [1.807, 2.05) is 18.3 Å². The molecule has 3 heterocycles. The molecule has 0 spiro atoms. The lowest BCUT2D eigenvalue weighted by atomic mass is 10.1. The third-order valence-corrected chi connectivity index (χ3v) is 4.01. The minimum Gasteiger partial charge on any atom is -0.339 e. The van der Waals surface area contributed by atoms with Gasteiger partial charge in [0.15, 0.2) is 0 Å². The van der Waals surface area contributed by atoms with E-state index in [1.54, 1.807) is 24.7 Å². The molecule has 0 aromatic carbocycles. The van der Waals surface area contributed by atoms with Crippen molar-refractivity contribution in [2.24, 2.45) is 0 Å². The van der Waals surface area contributed by atoms with Crippen molar-refractivity contribution in [3.8, 4) is 0 Å². The minimum atomic E-state index is -0.125. The van der Waals surface area contributed by atoms with Crippen molar-refractivity contribution < 1.29 is 4.79 Å². The molecule has 1 saturated heterocycles. The molecule has 0 saturated carbocycles. The van der Waals surface area contributed by atoms with Crippen LogP contribution < -0.4 is 15.5 Å². The summed E-state index contributed by atoms with van der Waals surface area (Å²) in [4.78, 5) is 26.8. The largest absolute Gasteiger partial charge is 0.339 e. The number of aromatic nitrogens is 3. The highest BCUT2D eigenvalue weighted by Gasteiger charge is 2.22. The second-order valence-corrected chi connectivity index (χ2v) is 5.85. The first-order valence-corrected chi connectivity index (χ1v) is 8.26. The molecule has 2 aromatic heterocycles. The van der Waals surface area contributed by atoms with E-state index in [0.29, 0.717) is 6.54 Å². The molecule has 126 valence electrons. The van der Waals surface area contributed by atoms with Gasteiger partial charge in [-0.3, -0.25) is 4.98 Å². The summed E-state index contributed by atoms with van der Waals surface area (Å²) in [6.45, 7) is 2.25. The number of nitrogens with one attached hydrogen (secondary N) is 2. The number of hydrogen-bond acceptors (Lipinski definition) is 5. The van der Waals surface area contributed by atoms with E-state index in [9.17, 15) is 4.79 Å². The van der Waals surface area contributed by atoms with Crippen molar-refractivity contribution >= 4 is 12.0 Å². The second-order valence-electron chi connectivity index (χ2n) is 5.85. The maximum Gasteiger partial charge on any atom is 0.315 e. The number of amides is 2. The van der Waals surface area contributed by atoms with Crippen LogP contribution in [0.1, 0.15) is 18.4 Å². The summed E-state index contributed by atoms with van der Waals surface area (Å²) in [6.07, 6.45) is 9.80. The summed E-state index contributed by atoms with van der Waals surface area (Å²) in [5.74, 6) is 0.723. The van der Waals surface area contributed by atoms with Crippen LogP contribution in [0.15, 0.2) is 43.0 Å². The molecule has 2 aromatic rings. The molecule has 0 aliphatic carbocycles. The van der Waals surface area contributed by atoms with Gasteiger partial charge in [0, 0.05) is 50.5 Å². The summed E-state index contributed by atoms with van der Waals surface area (Å²) >= 11 is 0. The van der Waals surface area contributed by atoms with Crippen LogP contribution in [-0.2, 0) is 6.42 Å². The Balaban J connectivity index is 1.42. The van der Waals surface area contributed by atoms with Gasteiger partial charge in [-0.2, -0.15) is 0 Å². The summed E-state index contributed by atoms with van der Waals surface area (Å²) in [7, 11) is 0. The minimum absolute atomic E-state index is 0.112. The lowest BCUT2D eigenvalue weighted by Crippen LogP contribution is -2.51. The number of rotatable bonds is 5. The molecule has 7 heteroatoms. The fraction of sp³-hybridized carbons (Fsp3) is 0.412. The first-order valence-electron chi connectivity index (χ1n) is 8.26. The van der Waals surface area contributed by atoms with Crippen LogP contribution in [0.3, 0.4) is 0 Å². The topological polar surface area (TPSA) is 83.0 Å². The second kappa shape index (κ2) is 8.24. The van der Waals surface area contributed by atoms with Gasteiger partial charge in [0.05, 0.1) is 0 Å². The third kappa shape index (κ3) is 4.65. The van der Waals surface area contributed by atoms with Gasteiger partial charge in [0.2, 0.25) is 5.95 Å². The standard InChI is InChI=1S/C17H22N6O/c24-17(21-10-6-14-4-1-7-18-12-14)22-15-5-2-11-23(13-15)16-19-8-3-9-20-16/h1,3-4,7-9,12,15H,2,5-6,10-11,13H2,(H2,21,22,24)/t15-/m0/s1. The number of anilines is 1. The molecule has 1 fully saturated rings. The number of urea groups is 1. The fourth-order valence-electron chi connectivity index (χ4n) is 2.83. The van der Waals surface area contributed by atoms with Gasteiger partial charge in [-0.05, 0) is 37.0 Å². The normalized spacial score (nSPS) is 17.3. The van der Waals surface area contributed by atoms with E-state index in [0.717, 1.165) is 43.9 Å². The molecule has 0 unspecified atom stereocenters. The van der Waals surface area contributed by atoms with Crippen molar-refractivity contribution in [2.45, 2.75) is 25.3 Å². The Hall–Kier alpha value is -2.70. The molecular formula is C17H22N6O. The highest BCUT2D eigenvalue weighted by atomic mass is 16.2. The number of nitrogens with zero attached hydrogens (tertiary/aromatic N) is 4. The zero-order valence-corrected chi connectivity index (χ0v) is 13.6. The molecule has 7 nitrogen and oxygen atoms in total. The van der Waals surface area contributed by atoms with Crippen molar-refractivity contribution in [3.05, 3.63) is 48.5 Å². The Kier molecular flexibility index (Phi) is 5.55. The maximum absolute atomic E-state index is 12.1. The molecule has 1 aliphatic heterocycles. The Labute approximate surface area is 141 Å². The fourth-order valence-corrected chi connectivity index (χ4v) is 2.83. The van der Waals surface area contributed by atoms with E-state index in [4.69, 9.17) is 0 Å². The Morgan fingerprint density at radius 2 is 2.12 bits per heavy atom. The summed E-state index contributed by atoms with van der Waals surface area (Å²) in [5, 5.41) is 5.95. The third-order valence-electron chi connectivity index (χ3n) is 4.01. The van der Waals surface area contributed by atoms with Crippen molar-refractivity contribution in [1.29, 1.82) is 0 Å². The van der Waals surface area contributed by atoms with Gasteiger partial charge in [-0.25, -0.2) is 14.8 Å². The van der Waals surface area contributed by atoms with Crippen LogP contribution in [0.4, 0.5) is 10.7 Å². The Bertz CT molecular complexity index is 636. The van der Waals surface area contributed by atoms with Crippen LogP contribution >= 0.6 is 0 Å². The zero-order valence-electron chi connectivity index (χ0n) is 13.6. The lowest BCUT2D eigenvalue weighted by Gasteiger charge is -2.33. The first kappa shape index (κ1) is 16.2. The summed E-state index contributed by atoms with van der Waals surface area (Å²) < 4.78 is 0. The molecule has 1 atom stereocenters. The predicted molar refractivity (Wildman–Crippen MR) is 91.7 cm³/mol. The van der Waals surface area contributed by atoms with E-state index in [2.05, 4.69) is 30.5 Å². The molecule has 24 heavy (non-hydrogen) atoms. The number of carbonyl (C=O) groups is 1. The lowest BCUT2D eigenvalue weighted by molar-refractivity contribution is 0.235. The quantitative estimate of drug-likeness (QED) is 0.867. The van der Waals surface area contributed by atoms with Gasteiger partial charge >= 0.3 is 6.03 Å². The monoisotopic (exact) mass is 326 g/mol. The molecule has 0 bridgehead atoms. The van der Waals surface area contributed by atoms with Crippen LogP contribution in [0.25, 0.3) is 0 Å². The number of piperidine rings is 1. The zero-order chi connectivity index (χ0) is 16.6. The van der Waals surface area contributed by atoms with Crippen LogP contribution in [-0.4, -0.2) is 46.7 Å². The molecule has 2 N–H and O–H groups in total. The van der Waals surface area contributed by atoms with Crippen molar-refractivity contribution in [3.63, 3.8) is 0 Å². The Morgan fingerprint density at radius 3 is 2.92 bits per heavy atom. The molecule has 3 rings (SSSR count). The van der Waals surface area contributed by atoms with E-state index in [1.165, 1.54) is 0 Å². The highest BCUT2D eigenvalue weighted by Crippen LogP contribution is 2.15. The van der Waals surface area contributed by atoms with Crippen molar-refractivity contribution in [2.75, 3.05) is 24.5 Å². The molecule has 2 amide bonds. The molecule has 0 radical (unpaired) electrons.